The maximum atomic E-state index is 12.6. The molecule has 2 aromatic heterocycles. The molecular weight excluding hydrogens is 372 g/mol. The first-order valence-corrected chi connectivity index (χ1v) is 10.2. The van der Waals surface area contributed by atoms with Crippen molar-refractivity contribution in [2.24, 2.45) is 0 Å². The van der Waals surface area contributed by atoms with Crippen molar-refractivity contribution < 1.29 is 4.79 Å². The summed E-state index contributed by atoms with van der Waals surface area (Å²) >= 11 is 1.39. The molecule has 0 unspecified atom stereocenters. The summed E-state index contributed by atoms with van der Waals surface area (Å²) in [5, 5.41) is 8.15. The van der Waals surface area contributed by atoms with Crippen molar-refractivity contribution in [3.05, 3.63) is 68.6 Å². The third-order valence-corrected chi connectivity index (χ3v) is 6.06. The molecule has 144 valence electrons. The number of carbonyl (C=O) groups excluding carboxylic acids is 1. The molecule has 1 aromatic carbocycles. The molecule has 0 spiro atoms. The summed E-state index contributed by atoms with van der Waals surface area (Å²) in [5.74, 6) is 0.322. The van der Waals surface area contributed by atoms with Crippen LogP contribution in [0.5, 0.6) is 0 Å². The van der Waals surface area contributed by atoms with Crippen molar-refractivity contribution >= 4 is 17.2 Å². The lowest BCUT2D eigenvalue weighted by molar-refractivity contribution is 0.0955. The fraction of sp³-hybridized carbons (Fsp3) is 0.333. The molecule has 7 heteroatoms. The van der Waals surface area contributed by atoms with Gasteiger partial charge in [-0.25, -0.2) is 9.67 Å². The van der Waals surface area contributed by atoms with Crippen LogP contribution in [0.15, 0.2) is 41.2 Å². The molecule has 1 aliphatic rings. The zero-order valence-corrected chi connectivity index (χ0v) is 16.8. The van der Waals surface area contributed by atoms with Gasteiger partial charge in [-0.15, -0.1) is 11.3 Å². The molecule has 1 saturated carbocycles. The zero-order valence-electron chi connectivity index (χ0n) is 15.9. The number of nitrogens with zero attached hydrogens (tertiary/aromatic N) is 3. The van der Waals surface area contributed by atoms with Crippen LogP contribution in [0.1, 0.15) is 45.4 Å². The number of benzene rings is 1. The lowest BCUT2D eigenvalue weighted by Gasteiger charge is -2.07. The molecule has 1 aliphatic carbocycles. The van der Waals surface area contributed by atoms with Crippen molar-refractivity contribution in [2.75, 3.05) is 6.54 Å². The molecule has 2 heterocycles. The van der Waals surface area contributed by atoms with E-state index in [1.165, 1.54) is 16.0 Å². The Labute approximate surface area is 167 Å². The fourth-order valence-electron chi connectivity index (χ4n) is 3.11. The molecule has 4 rings (SSSR count). The number of aryl methyl sites for hydroxylation is 2. The largest absolute Gasteiger partial charge is 0.349 e. The smallest absolute Gasteiger partial charge is 0.266 e. The quantitative estimate of drug-likeness (QED) is 0.696. The maximum absolute atomic E-state index is 12.6. The maximum Gasteiger partial charge on any atom is 0.266 e. The van der Waals surface area contributed by atoms with Crippen molar-refractivity contribution in [3.63, 3.8) is 0 Å². The molecule has 1 N–H and O–H groups in total. The van der Waals surface area contributed by atoms with E-state index >= 15 is 0 Å². The Kier molecular flexibility index (Phi) is 5.09. The zero-order chi connectivity index (χ0) is 19.7. The number of nitrogens with one attached hydrogen (secondary N) is 1. The van der Waals surface area contributed by atoms with E-state index in [1.807, 2.05) is 44.2 Å². The summed E-state index contributed by atoms with van der Waals surface area (Å²) in [4.78, 5) is 29.8. The Morgan fingerprint density at radius 1 is 1.21 bits per heavy atom. The number of rotatable bonds is 6. The highest BCUT2D eigenvalue weighted by atomic mass is 32.1. The van der Waals surface area contributed by atoms with Gasteiger partial charge < -0.3 is 5.32 Å². The first kappa shape index (κ1) is 18.6. The highest BCUT2D eigenvalue weighted by Crippen LogP contribution is 2.38. The van der Waals surface area contributed by atoms with Crippen LogP contribution in [-0.2, 0) is 6.54 Å². The van der Waals surface area contributed by atoms with Gasteiger partial charge >= 0.3 is 0 Å². The Morgan fingerprint density at radius 3 is 2.75 bits per heavy atom. The summed E-state index contributed by atoms with van der Waals surface area (Å²) in [5.41, 5.74) is 3.71. The highest BCUT2D eigenvalue weighted by Gasteiger charge is 2.25. The fourth-order valence-corrected chi connectivity index (χ4v) is 4.19. The monoisotopic (exact) mass is 394 g/mol. The second-order valence-corrected chi connectivity index (χ2v) is 8.10. The van der Waals surface area contributed by atoms with Gasteiger partial charge in [0.1, 0.15) is 9.88 Å². The molecule has 0 saturated heterocycles. The van der Waals surface area contributed by atoms with E-state index in [-0.39, 0.29) is 11.5 Å². The SMILES string of the molecule is Cc1ccccc1-c1nc(C)c(C(=O)NCCn2nc(C3CC3)ccc2=O)s1. The van der Waals surface area contributed by atoms with Crippen LogP contribution < -0.4 is 10.9 Å². The van der Waals surface area contributed by atoms with Gasteiger partial charge in [-0.05, 0) is 38.3 Å². The van der Waals surface area contributed by atoms with Gasteiger partial charge in [0.2, 0.25) is 0 Å². The molecule has 0 bridgehead atoms. The van der Waals surface area contributed by atoms with Gasteiger partial charge in [-0.1, -0.05) is 24.3 Å². The summed E-state index contributed by atoms with van der Waals surface area (Å²) in [6.07, 6.45) is 2.27. The molecule has 6 nitrogen and oxygen atoms in total. The number of thiazole rings is 1. The normalized spacial score (nSPS) is 13.5. The Morgan fingerprint density at radius 2 is 2.00 bits per heavy atom. The van der Waals surface area contributed by atoms with E-state index in [0.29, 0.717) is 29.6 Å². The summed E-state index contributed by atoms with van der Waals surface area (Å²) < 4.78 is 1.44. The van der Waals surface area contributed by atoms with Crippen LogP contribution in [0.25, 0.3) is 10.6 Å². The molecule has 3 aromatic rings. The minimum Gasteiger partial charge on any atom is -0.349 e. The van der Waals surface area contributed by atoms with Gasteiger partial charge in [-0.3, -0.25) is 9.59 Å². The Bertz CT molecular complexity index is 1080. The molecule has 0 atom stereocenters. The van der Waals surface area contributed by atoms with Gasteiger partial charge in [0, 0.05) is 24.1 Å². The number of amides is 1. The van der Waals surface area contributed by atoms with Gasteiger partial charge in [0.25, 0.3) is 11.5 Å². The van der Waals surface area contributed by atoms with Crippen LogP contribution in [0.2, 0.25) is 0 Å². The third kappa shape index (κ3) is 3.89. The lowest BCUT2D eigenvalue weighted by Crippen LogP contribution is -2.32. The highest BCUT2D eigenvalue weighted by molar-refractivity contribution is 7.17. The topological polar surface area (TPSA) is 76.9 Å². The van der Waals surface area contributed by atoms with Crippen molar-refractivity contribution in [1.29, 1.82) is 0 Å². The average Bonchev–Trinajstić information content (AvgIpc) is 3.45. The van der Waals surface area contributed by atoms with Crippen molar-refractivity contribution in [2.45, 2.75) is 39.2 Å². The minimum atomic E-state index is -0.166. The van der Waals surface area contributed by atoms with E-state index < -0.39 is 0 Å². The molecule has 1 fully saturated rings. The summed E-state index contributed by atoms with van der Waals surface area (Å²) in [6.45, 7) is 4.58. The standard InChI is InChI=1S/C21H22N4O2S/c1-13-5-3-4-6-16(13)21-23-14(2)19(28-21)20(27)22-11-12-25-18(26)10-9-17(24-25)15-7-8-15/h3-6,9-10,15H,7-8,11-12H2,1-2H3,(H,22,27). The predicted octanol–water partition coefficient (Wildman–Crippen LogP) is 3.29. The molecular formula is C21H22N4O2S. The van der Waals surface area contributed by atoms with Crippen molar-refractivity contribution in [1.82, 2.24) is 20.1 Å². The van der Waals surface area contributed by atoms with Crippen LogP contribution in [-0.4, -0.2) is 27.2 Å². The van der Waals surface area contributed by atoms with Crippen molar-refractivity contribution in [3.8, 4) is 10.6 Å². The van der Waals surface area contributed by atoms with Gasteiger partial charge in [0.15, 0.2) is 0 Å². The second kappa shape index (κ2) is 7.67. The average molecular weight is 395 g/mol. The predicted molar refractivity (Wildman–Crippen MR) is 110 cm³/mol. The van der Waals surface area contributed by atoms with Crippen LogP contribution in [0, 0.1) is 13.8 Å². The van der Waals surface area contributed by atoms with E-state index in [4.69, 9.17) is 0 Å². The first-order valence-electron chi connectivity index (χ1n) is 9.42. The van der Waals surface area contributed by atoms with E-state index in [9.17, 15) is 9.59 Å². The first-order chi connectivity index (χ1) is 13.5. The molecule has 28 heavy (non-hydrogen) atoms. The minimum absolute atomic E-state index is 0.144. The van der Waals surface area contributed by atoms with E-state index in [2.05, 4.69) is 15.4 Å². The number of aromatic nitrogens is 3. The van der Waals surface area contributed by atoms with Gasteiger partial charge in [0.05, 0.1) is 17.9 Å². The Balaban J connectivity index is 1.43. The van der Waals surface area contributed by atoms with Crippen LogP contribution in [0.4, 0.5) is 0 Å². The van der Waals surface area contributed by atoms with Crippen LogP contribution in [0.3, 0.4) is 0 Å². The molecule has 1 amide bonds. The van der Waals surface area contributed by atoms with Crippen LogP contribution >= 0.6 is 11.3 Å². The summed E-state index contributed by atoms with van der Waals surface area (Å²) in [6, 6.07) is 11.4. The number of carbonyl (C=O) groups is 1. The third-order valence-electron chi connectivity index (χ3n) is 4.87. The summed E-state index contributed by atoms with van der Waals surface area (Å²) in [7, 11) is 0. The molecule has 0 aliphatic heterocycles. The van der Waals surface area contributed by atoms with E-state index in [1.54, 1.807) is 6.07 Å². The Hall–Kier alpha value is -2.80. The second-order valence-electron chi connectivity index (χ2n) is 7.10. The number of hydrogen-bond donors (Lipinski definition) is 1. The number of hydrogen-bond acceptors (Lipinski definition) is 5. The lowest BCUT2D eigenvalue weighted by atomic mass is 10.1. The van der Waals surface area contributed by atoms with Gasteiger partial charge in [-0.2, -0.15) is 5.10 Å². The molecule has 0 radical (unpaired) electrons. The van der Waals surface area contributed by atoms with E-state index in [0.717, 1.165) is 34.7 Å².